The molecule has 192 valence electrons. The van der Waals surface area contributed by atoms with E-state index in [1.54, 1.807) is 0 Å². The van der Waals surface area contributed by atoms with Crippen molar-refractivity contribution in [2.24, 2.45) is 0 Å². The van der Waals surface area contributed by atoms with Crippen LogP contribution in [0.1, 0.15) is 0 Å². The fourth-order valence-corrected chi connectivity index (χ4v) is 3.80. The van der Waals surface area contributed by atoms with Crippen LogP contribution in [0.3, 0.4) is 0 Å². The van der Waals surface area contributed by atoms with E-state index in [-0.39, 0.29) is 39.7 Å². The molecule has 36 heavy (non-hydrogen) atoms. The zero-order valence-corrected chi connectivity index (χ0v) is 18.8. The first kappa shape index (κ1) is 25.1. The SMILES string of the molecule is COc1cc(-c2oc3cc(OC4OC(C(=O)O)C(O)C(O)C4O)cc(O)c3c(=O)c2OC)ccc1O. The molecular weight excluding hydrogens is 484 g/mol. The summed E-state index contributed by atoms with van der Waals surface area (Å²) < 4.78 is 26.6. The van der Waals surface area contributed by atoms with Crippen molar-refractivity contribution in [2.75, 3.05) is 14.2 Å². The van der Waals surface area contributed by atoms with Crippen LogP contribution in [-0.4, -0.2) is 81.5 Å². The van der Waals surface area contributed by atoms with E-state index in [2.05, 4.69) is 0 Å². The Balaban J connectivity index is 1.80. The van der Waals surface area contributed by atoms with Crippen LogP contribution in [0.15, 0.2) is 39.5 Å². The summed E-state index contributed by atoms with van der Waals surface area (Å²) in [4.78, 5) is 24.4. The normalized spacial score (nSPS) is 23.9. The molecule has 3 aromatic rings. The van der Waals surface area contributed by atoms with Crippen LogP contribution < -0.4 is 19.6 Å². The van der Waals surface area contributed by atoms with E-state index in [0.717, 1.165) is 6.07 Å². The maximum absolute atomic E-state index is 13.1. The molecular formula is C23H22O13. The minimum atomic E-state index is -1.92. The van der Waals surface area contributed by atoms with Gasteiger partial charge in [0.05, 0.1) is 14.2 Å². The molecule has 1 saturated heterocycles. The van der Waals surface area contributed by atoms with Crippen molar-refractivity contribution in [3.63, 3.8) is 0 Å². The highest BCUT2D eigenvalue weighted by Gasteiger charge is 2.48. The van der Waals surface area contributed by atoms with Gasteiger partial charge in [0.2, 0.25) is 17.5 Å². The minimum absolute atomic E-state index is 0.0664. The van der Waals surface area contributed by atoms with E-state index < -0.39 is 47.9 Å². The number of aliphatic hydroxyl groups is 3. The van der Waals surface area contributed by atoms with Crippen molar-refractivity contribution in [1.82, 2.24) is 0 Å². The lowest BCUT2D eigenvalue weighted by Gasteiger charge is -2.38. The van der Waals surface area contributed by atoms with E-state index in [0.29, 0.717) is 5.56 Å². The molecule has 1 fully saturated rings. The van der Waals surface area contributed by atoms with Gasteiger partial charge in [-0.05, 0) is 18.2 Å². The number of ether oxygens (including phenoxy) is 4. The molecule has 13 nitrogen and oxygen atoms in total. The van der Waals surface area contributed by atoms with E-state index in [1.807, 2.05) is 0 Å². The first-order valence-electron chi connectivity index (χ1n) is 10.4. The molecule has 4 rings (SSSR count). The Morgan fingerprint density at radius 3 is 2.31 bits per heavy atom. The number of carboxylic acids is 1. The molecule has 0 radical (unpaired) electrons. The molecule has 2 heterocycles. The van der Waals surface area contributed by atoms with Gasteiger partial charge in [0.15, 0.2) is 23.4 Å². The zero-order valence-electron chi connectivity index (χ0n) is 18.8. The van der Waals surface area contributed by atoms with Gasteiger partial charge in [-0.15, -0.1) is 0 Å². The fraction of sp³-hybridized carbons (Fsp3) is 0.304. The van der Waals surface area contributed by atoms with Crippen LogP contribution in [0.25, 0.3) is 22.3 Å². The number of methoxy groups -OCH3 is 2. The number of aliphatic carboxylic acids is 1. The zero-order chi connectivity index (χ0) is 26.3. The van der Waals surface area contributed by atoms with Gasteiger partial charge in [-0.3, -0.25) is 4.79 Å². The molecule has 1 aliphatic heterocycles. The van der Waals surface area contributed by atoms with Gasteiger partial charge in [-0.2, -0.15) is 0 Å². The molecule has 0 spiro atoms. The second-order valence-electron chi connectivity index (χ2n) is 7.85. The number of rotatable bonds is 6. The summed E-state index contributed by atoms with van der Waals surface area (Å²) in [5.74, 6) is -2.79. The number of fused-ring (bicyclic) bond motifs is 1. The molecule has 0 saturated carbocycles. The average molecular weight is 506 g/mol. The molecule has 1 aliphatic rings. The van der Waals surface area contributed by atoms with Gasteiger partial charge in [0, 0.05) is 17.7 Å². The van der Waals surface area contributed by atoms with Crippen LogP contribution in [0, 0.1) is 0 Å². The summed E-state index contributed by atoms with van der Waals surface area (Å²) in [6, 6.07) is 6.31. The molecule has 2 aromatic carbocycles. The van der Waals surface area contributed by atoms with E-state index >= 15 is 0 Å². The third kappa shape index (κ3) is 4.24. The molecule has 0 aliphatic carbocycles. The van der Waals surface area contributed by atoms with Crippen molar-refractivity contribution in [3.8, 4) is 40.1 Å². The van der Waals surface area contributed by atoms with Crippen LogP contribution in [-0.2, 0) is 9.53 Å². The smallest absolute Gasteiger partial charge is 0.335 e. The monoisotopic (exact) mass is 506 g/mol. The molecule has 6 N–H and O–H groups in total. The van der Waals surface area contributed by atoms with Crippen molar-refractivity contribution in [1.29, 1.82) is 0 Å². The van der Waals surface area contributed by atoms with Crippen LogP contribution in [0.4, 0.5) is 0 Å². The lowest BCUT2D eigenvalue weighted by molar-refractivity contribution is -0.271. The van der Waals surface area contributed by atoms with Crippen LogP contribution >= 0.6 is 0 Å². The Labute approximate surface area is 201 Å². The molecule has 5 unspecified atom stereocenters. The number of carbonyl (C=O) groups is 1. The maximum Gasteiger partial charge on any atom is 0.335 e. The Morgan fingerprint density at radius 1 is 0.944 bits per heavy atom. The number of hydrogen-bond acceptors (Lipinski definition) is 12. The Kier molecular flexibility index (Phi) is 6.65. The maximum atomic E-state index is 13.1. The Morgan fingerprint density at radius 2 is 1.67 bits per heavy atom. The van der Waals surface area contributed by atoms with Crippen LogP contribution in [0.2, 0.25) is 0 Å². The third-order valence-corrected chi connectivity index (χ3v) is 5.62. The van der Waals surface area contributed by atoms with E-state index in [9.17, 15) is 40.2 Å². The molecule has 1 aromatic heterocycles. The number of phenols is 2. The summed E-state index contributed by atoms with van der Waals surface area (Å²) >= 11 is 0. The number of carboxylic acid groups (broad SMARTS) is 1. The summed E-state index contributed by atoms with van der Waals surface area (Å²) in [6.45, 7) is 0. The van der Waals surface area contributed by atoms with Crippen molar-refractivity contribution in [2.45, 2.75) is 30.7 Å². The van der Waals surface area contributed by atoms with Gasteiger partial charge in [-0.1, -0.05) is 0 Å². The first-order valence-corrected chi connectivity index (χ1v) is 10.4. The van der Waals surface area contributed by atoms with Gasteiger partial charge in [-0.25, -0.2) is 4.79 Å². The summed E-state index contributed by atoms with van der Waals surface area (Å²) in [7, 11) is 2.56. The summed E-state index contributed by atoms with van der Waals surface area (Å²) in [5.41, 5.74) is -0.624. The second-order valence-corrected chi connectivity index (χ2v) is 7.85. The predicted octanol–water partition coefficient (Wildman–Crippen LogP) is 0.159. The highest BCUT2D eigenvalue weighted by molar-refractivity contribution is 5.88. The minimum Gasteiger partial charge on any atom is -0.507 e. The van der Waals surface area contributed by atoms with Gasteiger partial charge in [0.25, 0.3) is 0 Å². The van der Waals surface area contributed by atoms with Crippen molar-refractivity contribution in [3.05, 3.63) is 40.6 Å². The average Bonchev–Trinajstić information content (AvgIpc) is 2.84. The molecule has 0 amide bonds. The summed E-state index contributed by atoms with van der Waals surface area (Å²) in [5, 5.41) is 59.3. The van der Waals surface area contributed by atoms with Gasteiger partial charge in [0.1, 0.15) is 40.8 Å². The Hall–Kier alpha value is -4.04. The first-order chi connectivity index (χ1) is 17.1. The van der Waals surface area contributed by atoms with E-state index in [4.69, 9.17) is 23.4 Å². The largest absolute Gasteiger partial charge is 0.507 e. The molecule has 13 heteroatoms. The topological polar surface area (TPSA) is 206 Å². The van der Waals surface area contributed by atoms with Crippen LogP contribution in [0.5, 0.6) is 28.7 Å². The molecule has 5 atom stereocenters. The van der Waals surface area contributed by atoms with Crippen molar-refractivity contribution >= 4 is 16.9 Å². The predicted molar refractivity (Wildman–Crippen MR) is 119 cm³/mol. The summed E-state index contributed by atoms with van der Waals surface area (Å²) in [6.07, 6.45) is -9.33. The lowest BCUT2D eigenvalue weighted by atomic mass is 9.99. The van der Waals surface area contributed by atoms with Gasteiger partial charge >= 0.3 is 5.97 Å². The third-order valence-electron chi connectivity index (χ3n) is 5.62. The highest BCUT2D eigenvalue weighted by Crippen LogP contribution is 2.39. The van der Waals surface area contributed by atoms with E-state index in [1.165, 1.54) is 38.5 Å². The van der Waals surface area contributed by atoms with Crippen molar-refractivity contribution < 1.29 is 58.8 Å². The number of hydrogen-bond donors (Lipinski definition) is 6. The van der Waals surface area contributed by atoms with Gasteiger partial charge < -0.3 is 54.0 Å². The molecule has 0 bridgehead atoms. The standard InChI is InChI=1S/C23H22O13/c1-32-12-5-8(3-4-10(12)24)19-20(33-2)15(26)14-11(25)6-9(7-13(14)35-19)34-23-18(29)16(27)17(28)21(36-23)22(30)31/h3-7,16-18,21,23-25,27-29H,1-2H3,(H,30,31). The number of benzene rings is 2. The highest BCUT2D eigenvalue weighted by atomic mass is 16.7. The number of phenolic OH excluding ortho intramolecular Hbond substituents is 2. The quantitative estimate of drug-likeness (QED) is 0.264. The number of aromatic hydroxyl groups is 2. The number of aliphatic hydroxyl groups excluding tert-OH is 3. The second kappa shape index (κ2) is 9.54. The lowest BCUT2D eigenvalue weighted by Crippen LogP contribution is -2.61. The fourth-order valence-electron chi connectivity index (χ4n) is 3.80. The Bertz CT molecular complexity index is 1360.